The van der Waals surface area contributed by atoms with Gasteiger partial charge in [-0.05, 0) is 24.5 Å². The summed E-state index contributed by atoms with van der Waals surface area (Å²) in [6.07, 6.45) is -4.21. The Balaban J connectivity index is 2.61. The maximum Gasteiger partial charge on any atom is 0.403 e. The average molecular weight is 233 g/mol. The fourth-order valence-corrected chi connectivity index (χ4v) is 1.38. The molecule has 90 valence electrons. The lowest BCUT2D eigenvalue weighted by Crippen LogP contribution is -2.37. The normalized spacial score (nSPS) is 13.6. The number of ether oxygens (including phenoxy) is 1. The third-order valence-corrected chi connectivity index (χ3v) is 2.34. The van der Waals surface area contributed by atoms with Crippen molar-refractivity contribution in [2.45, 2.75) is 25.1 Å². The highest BCUT2D eigenvalue weighted by atomic mass is 19.4. The molecule has 0 aliphatic rings. The van der Waals surface area contributed by atoms with E-state index in [1.807, 2.05) is 0 Å². The Hall–Kier alpha value is -1.23. The Labute approximate surface area is 92.2 Å². The van der Waals surface area contributed by atoms with Crippen molar-refractivity contribution < 1.29 is 17.9 Å². The van der Waals surface area contributed by atoms with Crippen LogP contribution in [0, 0.1) is 0 Å². The van der Waals surface area contributed by atoms with Crippen LogP contribution in [-0.2, 0) is 6.42 Å². The van der Waals surface area contributed by atoms with Gasteiger partial charge in [0.25, 0.3) is 0 Å². The van der Waals surface area contributed by atoms with Crippen molar-refractivity contribution in [3.8, 4) is 5.75 Å². The minimum Gasteiger partial charge on any atom is -0.496 e. The summed E-state index contributed by atoms with van der Waals surface area (Å²) in [5.41, 5.74) is 5.76. The third-order valence-electron chi connectivity index (χ3n) is 2.34. The second-order valence-corrected chi connectivity index (χ2v) is 3.50. The molecule has 0 saturated carbocycles. The molecule has 0 saturated heterocycles. The predicted octanol–water partition coefficient (Wildman–Crippen LogP) is 2.52. The van der Waals surface area contributed by atoms with Crippen molar-refractivity contribution in [2.75, 3.05) is 7.11 Å². The number of aryl methyl sites for hydroxylation is 1. The Kier molecular flexibility index (Phi) is 4.18. The molecule has 1 aromatic carbocycles. The van der Waals surface area contributed by atoms with Crippen molar-refractivity contribution >= 4 is 0 Å². The lowest BCUT2D eigenvalue weighted by Gasteiger charge is -2.16. The first-order valence-corrected chi connectivity index (χ1v) is 4.89. The molecule has 0 bridgehead atoms. The number of rotatable bonds is 4. The van der Waals surface area contributed by atoms with Gasteiger partial charge in [-0.25, -0.2) is 0 Å². The molecule has 1 unspecified atom stereocenters. The molecule has 0 aromatic heterocycles. The Bertz CT molecular complexity index is 338. The van der Waals surface area contributed by atoms with Crippen LogP contribution in [0.4, 0.5) is 13.2 Å². The van der Waals surface area contributed by atoms with Gasteiger partial charge < -0.3 is 10.5 Å². The van der Waals surface area contributed by atoms with E-state index in [0.29, 0.717) is 5.75 Å². The Morgan fingerprint density at radius 1 is 1.31 bits per heavy atom. The summed E-state index contributed by atoms with van der Waals surface area (Å²) in [6, 6.07) is 5.21. The van der Waals surface area contributed by atoms with E-state index in [9.17, 15) is 13.2 Å². The van der Waals surface area contributed by atoms with Crippen molar-refractivity contribution in [1.82, 2.24) is 0 Å². The van der Waals surface area contributed by atoms with Crippen molar-refractivity contribution in [1.29, 1.82) is 0 Å². The fourth-order valence-electron chi connectivity index (χ4n) is 1.38. The van der Waals surface area contributed by atoms with E-state index >= 15 is 0 Å². The molecule has 16 heavy (non-hydrogen) atoms. The number of methoxy groups -OCH3 is 1. The fraction of sp³-hybridized carbons (Fsp3) is 0.455. The number of hydrogen-bond acceptors (Lipinski definition) is 2. The maximum atomic E-state index is 12.2. The number of benzene rings is 1. The smallest absolute Gasteiger partial charge is 0.403 e. The van der Waals surface area contributed by atoms with Crippen LogP contribution in [0.15, 0.2) is 24.3 Å². The van der Waals surface area contributed by atoms with E-state index in [4.69, 9.17) is 10.5 Å². The molecule has 0 fully saturated rings. The van der Waals surface area contributed by atoms with Gasteiger partial charge in [0.1, 0.15) is 11.8 Å². The van der Waals surface area contributed by atoms with E-state index in [0.717, 1.165) is 5.56 Å². The highest BCUT2D eigenvalue weighted by Crippen LogP contribution is 2.24. The van der Waals surface area contributed by atoms with Gasteiger partial charge in [-0.3, -0.25) is 0 Å². The predicted molar refractivity (Wildman–Crippen MR) is 55.3 cm³/mol. The first-order valence-electron chi connectivity index (χ1n) is 4.89. The molecule has 2 nitrogen and oxygen atoms in total. The van der Waals surface area contributed by atoms with Gasteiger partial charge >= 0.3 is 6.18 Å². The third kappa shape index (κ3) is 3.41. The SMILES string of the molecule is COc1ccccc1CCC(N)C(F)(F)F. The van der Waals surface area contributed by atoms with Crippen LogP contribution in [0.5, 0.6) is 5.75 Å². The highest BCUT2D eigenvalue weighted by Gasteiger charge is 2.36. The molecular formula is C11H14F3NO. The van der Waals surface area contributed by atoms with Gasteiger partial charge in [-0.2, -0.15) is 13.2 Å². The molecule has 1 rings (SSSR count). The first kappa shape index (κ1) is 12.8. The Morgan fingerprint density at radius 2 is 1.94 bits per heavy atom. The van der Waals surface area contributed by atoms with Crippen LogP contribution in [0.3, 0.4) is 0 Å². The summed E-state index contributed by atoms with van der Waals surface area (Å²) in [5, 5.41) is 0. The summed E-state index contributed by atoms with van der Waals surface area (Å²) >= 11 is 0. The quantitative estimate of drug-likeness (QED) is 0.867. The molecule has 0 radical (unpaired) electrons. The molecule has 5 heteroatoms. The Morgan fingerprint density at radius 3 is 2.50 bits per heavy atom. The van der Waals surface area contributed by atoms with Crippen molar-refractivity contribution in [2.24, 2.45) is 5.73 Å². The zero-order valence-electron chi connectivity index (χ0n) is 8.92. The van der Waals surface area contributed by atoms with Crippen LogP contribution in [0.1, 0.15) is 12.0 Å². The molecule has 0 amide bonds. The second kappa shape index (κ2) is 5.21. The standard InChI is InChI=1S/C11H14F3NO/c1-16-9-5-3-2-4-8(9)6-7-10(15)11(12,13)14/h2-5,10H,6-7,15H2,1H3. The van der Waals surface area contributed by atoms with Gasteiger partial charge in [0.05, 0.1) is 7.11 Å². The van der Waals surface area contributed by atoms with E-state index in [1.165, 1.54) is 7.11 Å². The number of alkyl halides is 3. The molecular weight excluding hydrogens is 219 g/mol. The highest BCUT2D eigenvalue weighted by molar-refractivity contribution is 5.33. The van der Waals surface area contributed by atoms with Gasteiger partial charge in [-0.1, -0.05) is 18.2 Å². The molecule has 2 N–H and O–H groups in total. The van der Waals surface area contributed by atoms with E-state index < -0.39 is 12.2 Å². The summed E-state index contributed by atoms with van der Waals surface area (Å²) in [5.74, 6) is 0.594. The maximum absolute atomic E-state index is 12.2. The minimum atomic E-state index is -4.33. The van der Waals surface area contributed by atoms with Crippen LogP contribution < -0.4 is 10.5 Å². The van der Waals surface area contributed by atoms with Gasteiger partial charge in [-0.15, -0.1) is 0 Å². The molecule has 1 aromatic rings. The topological polar surface area (TPSA) is 35.2 Å². The van der Waals surface area contributed by atoms with Crippen LogP contribution in [0.2, 0.25) is 0 Å². The van der Waals surface area contributed by atoms with Crippen molar-refractivity contribution in [3.63, 3.8) is 0 Å². The van der Waals surface area contributed by atoms with E-state index in [-0.39, 0.29) is 12.8 Å². The summed E-state index contributed by atoms with van der Waals surface area (Å²) in [4.78, 5) is 0. The van der Waals surface area contributed by atoms with E-state index in [2.05, 4.69) is 0 Å². The summed E-state index contributed by atoms with van der Waals surface area (Å²) < 4.78 is 41.6. The van der Waals surface area contributed by atoms with E-state index in [1.54, 1.807) is 24.3 Å². The zero-order valence-corrected chi connectivity index (χ0v) is 8.92. The molecule has 0 spiro atoms. The molecule has 0 heterocycles. The summed E-state index contributed by atoms with van der Waals surface area (Å²) in [7, 11) is 1.49. The number of hydrogen-bond donors (Lipinski definition) is 1. The monoisotopic (exact) mass is 233 g/mol. The van der Waals surface area contributed by atoms with Crippen LogP contribution >= 0.6 is 0 Å². The van der Waals surface area contributed by atoms with Gasteiger partial charge in [0.15, 0.2) is 0 Å². The van der Waals surface area contributed by atoms with Gasteiger partial charge in [0, 0.05) is 0 Å². The van der Waals surface area contributed by atoms with Crippen LogP contribution in [0.25, 0.3) is 0 Å². The lowest BCUT2D eigenvalue weighted by molar-refractivity contribution is -0.148. The lowest BCUT2D eigenvalue weighted by atomic mass is 10.0. The minimum absolute atomic E-state index is 0.135. The number of nitrogens with two attached hydrogens (primary N) is 1. The second-order valence-electron chi connectivity index (χ2n) is 3.50. The molecule has 0 aliphatic heterocycles. The van der Waals surface area contributed by atoms with Crippen LogP contribution in [-0.4, -0.2) is 19.3 Å². The number of halogens is 3. The zero-order chi connectivity index (χ0) is 12.2. The van der Waals surface area contributed by atoms with Gasteiger partial charge in [0.2, 0.25) is 0 Å². The molecule has 1 atom stereocenters. The average Bonchev–Trinajstić information content (AvgIpc) is 2.24. The van der Waals surface area contributed by atoms with Crippen molar-refractivity contribution in [3.05, 3.63) is 29.8 Å². The largest absolute Gasteiger partial charge is 0.496 e. The molecule has 0 aliphatic carbocycles. The summed E-state index contributed by atoms with van der Waals surface area (Å²) in [6.45, 7) is 0. The first-order chi connectivity index (χ1) is 7.45. The number of para-hydroxylation sites is 1.